The van der Waals surface area contributed by atoms with Gasteiger partial charge in [0.2, 0.25) is 5.95 Å². The molecule has 0 unspecified atom stereocenters. The number of nitrogens with zero attached hydrogens (tertiary/aromatic N) is 5. The molecule has 2 aromatic heterocycles. The van der Waals surface area contributed by atoms with Gasteiger partial charge in [0.15, 0.2) is 15.7 Å². The third kappa shape index (κ3) is 4.66. The minimum Gasteiger partial charge on any atom is -0.496 e. The molecule has 1 aromatic carbocycles. The van der Waals surface area contributed by atoms with Crippen LogP contribution in [0.5, 0.6) is 5.75 Å². The van der Waals surface area contributed by atoms with Crippen LogP contribution in [0.15, 0.2) is 24.4 Å². The average molecular weight is 548 g/mol. The fourth-order valence-electron chi connectivity index (χ4n) is 5.86. The monoisotopic (exact) mass is 547 g/mol. The molecule has 13 heteroatoms. The summed E-state index contributed by atoms with van der Waals surface area (Å²) in [6.07, 6.45) is 2.68. The predicted molar refractivity (Wildman–Crippen MR) is 139 cm³/mol. The summed E-state index contributed by atoms with van der Waals surface area (Å²) in [5, 5.41) is 7.82. The summed E-state index contributed by atoms with van der Waals surface area (Å²) in [6.45, 7) is 2.62. The average Bonchev–Trinajstić information content (AvgIpc) is 3.21. The quantitative estimate of drug-likeness (QED) is 0.437. The van der Waals surface area contributed by atoms with Gasteiger partial charge in [0, 0.05) is 43.6 Å². The summed E-state index contributed by atoms with van der Waals surface area (Å²) in [5.74, 6) is -0.616. The molecule has 204 valence electrons. The number of rotatable bonds is 8. The van der Waals surface area contributed by atoms with E-state index in [1.54, 1.807) is 18.0 Å². The van der Waals surface area contributed by atoms with E-state index in [0.717, 1.165) is 11.1 Å². The van der Waals surface area contributed by atoms with Crippen LogP contribution in [0.2, 0.25) is 0 Å². The van der Waals surface area contributed by atoms with Crippen molar-refractivity contribution in [2.24, 2.45) is 11.3 Å². The minimum atomic E-state index is -2.92. The molecule has 3 aliphatic rings. The van der Waals surface area contributed by atoms with Gasteiger partial charge in [0.1, 0.15) is 16.8 Å². The van der Waals surface area contributed by atoms with E-state index in [1.165, 1.54) is 0 Å². The molecule has 3 heterocycles. The van der Waals surface area contributed by atoms with E-state index in [9.17, 15) is 17.2 Å². The van der Waals surface area contributed by atoms with Crippen molar-refractivity contribution >= 4 is 32.6 Å². The van der Waals surface area contributed by atoms with Gasteiger partial charge in [-0.25, -0.2) is 22.2 Å². The molecule has 2 saturated carbocycles. The van der Waals surface area contributed by atoms with E-state index in [-0.39, 0.29) is 29.8 Å². The number of alkyl halides is 2. The lowest BCUT2D eigenvalue weighted by Gasteiger charge is -2.36. The second-order valence-corrected chi connectivity index (χ2v) is 13.2. The summed E-state index contributed by atoms with van der Waals surface area (Å²) in [7, 11) is -1.31. The first-order valence-electron chi connectivity index (χ1n) is 12.8. The third-order valence-corrected chi connectivity index (χ3v) is 9.76. The van der Waals surface area contributed by atoms with Crippen molar-refractivity contribution in [3.63, 3.8) is 0 Å². The van der Waals surface area contributed by atoms with Gasteiger partial charge in [-0.2, -0.15) is 10.1 Å². The normalized spacial score (nSPS) is 25.8. The maximum atomic E-state index is 13.6. The number of sulfone groups is 1. The third-order valence-electron chi connectivity index (χ3n) is 8.15. The molecular weight excluding hydrogens is 516 g/mol. The van der Waals surface area contributed by atoms with Gasteiger partial charge < -0.3 is 15.8 Å². The van der Waals surface area contributed by atoms with Crippen LogP contribution < -0.4 is 15.8 Å². The lowest BCUT2D eigenvalue weighted by Crippen LogP contribution is -2.39. The molecular formula is C25H31F2N7O3S. The Labute approximate surface area is 219 Å². The topological polar surface area (TPSA) is 128 Å². The molecule has 1 spiro atoms. The fraction of sp³-hybridized carbons (Fsp3) is 0.560. The molecule has 0 bridgehead atoms. The Morgan fingerprint density at radius 2 is 1.92 bits per heavy atom. The lowest BCUT2D eigenvalue weighted by atomic mass is 9.71. The number of fused-ring (bicyclic) bond motifs is 1. The van der Waals surface area contributed by atoms with Gasteiger partial charge >= 0.3 is 0 Å². The van der Waals surface area contributed by atoms with Crippen molar-refractivity contribution in [1.82, 2.24) is 24.6 Å². The molecule has 0 atom stereocenters. The Kier molecular flexibility index (Phi) is 5.98. The first-order valence-corrected chi connectivity index (χ1v) is 14.6. The Balaban J connectivity index is 1.17. The minimum absolute atomic E-state index is 0.00847. The SMILES string of the molecule is COc1cc(CN2CCS(=O)(=O)CC2)ccc1Cn1ncc2nc(N)nc(NCC3CC4(C3)CC4(F)F)c21. The van der Waals surface area contributed by atoms with Gasteiger partial charge in [-0.1, -0.05) is 12.1 Å². The number of nitrogen functional groups attached to an aromatic ring is 1. The number of hydrogen-bond donors (Lipinski definition) is 2. The summed E-state index contributed by atoms with van der Waals surface area (Å²) in [6, 6.07) is 5.97. The summed E-state index contributed by atoms with van der Waals surface area (Å²) < 4.78 is 58.1. The zero-order valence-corrected chi connectivity index (χ0v) is 22.0. The van der Waals surface area contributed by atoms with Crippen LogP contribution in [0, 0.1) is 11.3 Å². The Morgan fingerprint density at radius 3 is 2.61 bits per heavy atom. The zero-order valence-electron chi connectivity index (χ0n) is 21.2. The van der Waals surface area contributed by atoms with Crippen LogP contribution in [-0.4, -0.2) is 77.2 Å². The number of hydrogen-bond acceptors (Lipinski definition) is 9. The van der Waals surface area contributed by atoms with E-state index in [2.05, 4.69) is 25.3 Å². The smallest absolute Gasteiger partial charge is 0.254 e. The van der Waals surface area contributed by atoms with Crippen LogP contribution in [0.4, 0.5) is 20.5 Å². The summed E-state index contributed by atoms with van der Waals surface area (Å²) in [5.41, 5.74) is 8.38. The highest BCUT2D eigenvalue weighted by atomic mass is 32.2. The Hall–Kier alpha value is -3.06. The van der Waals surface area contributed by atoms with Crippen LogP contribution in [0.25, 0.3) is 11.0 Å². The number of methoxy groups -OCH3 is 1. The molecule has 3 N–H and O–H groups in total. The first kappa shape index (κ1) is 25.2. The number of benzene rings is 1. The van der Waals surface area contributed by atoms with Crippen molar-refractivity contribution in [1.29, 1.82) is 0 Å². The maximum Gasteiger partial charge on any atom is 0.254 e. The molecule has 1 saturated heterocycles. The molecule has 3 fully saturated rings. The summed E-state index contributed by atoms with van der Waals surface area (Å²) in [4.78, 5) is 10.8. The van der Waals surface area contributed by atoms with Crippen molar-refractivity contribution in [3.05, 3.63) is 35.5 Å². The molecule has 2 aliphatic carbocycles. The van der Waals surface area contributed by atoms with Crippen LogP contribution in [0.3, 0.4) is 0 Å². The highest BCUT2D eigenvalue weighted by Crippen LogP contribution is 2.72. The fourth-order valence-corrected chi connectivity index (χ4v) is 7.14. The lowest BCUT2D eigenvalue weighted by molar-refractivity contribution is 0.00528. The van der Waals surface area contributed by atoms with E-state index in [0.29, 0.717) is 68.2 Å². The number of nitrogens with two attached hydrogens (primary N) is 1. The zero-order chi connectivity index (χ0) is 26.7. The predicted octanol–water partition coefficient (Wildman–Crippen LogP) is 2.54. The van der Waals surface area contributed by atoms with Gasteiger partial charge in [0.25, 0.3) is 5.92 Å². The summed E-state index contributed by atoms with van der Waals surface area (Å²) >= 11 is 0. The molecule has 38 heavy (non-hydrogen) atoms. The van der Waals surface area contributed by atoms with Crippen molar-refractivity contribution in [2.75, 3.05) is 49.3 Å². The van der Waals surface area contributed by atoms with Crippen LogP contribution in [-0.2, 0) is 22.9 Å². The first-order chi connectivity index (χ1) is 18.1. The molecule has 3 aromatic rings. The number of nitrogens with one attached hydrogen (secondary N) is 1. The van der Waals surface area contributed by atoms with E-state index in [1.807, 2.05) is 18.2 Å². The van der Waals surface area contributed by atoms with Gasteiger partial charge in [0.05, 0.1) is 31.4 Å². The van der Waals surface area contributed by atoms with Crippen molar-refractivity contribution in [3.8, 4) is 5.75 Å². The van der Waals surface area contributed by atoms with E-state index >= 15 is 0 Å². The Bertz CT molecular complexity index is 1470. The number of aromatic nitrogens is 4. The molecule has 0 amide bonds. The van der Waals surface area contributed by atoms with Gasteiger partial charge in [-0.05, 0) is 30.4 Å². The van der Waals surface area contributed by atoms with Crippen LogP contribution >= 0.6 is 0 Å². The largest absolute Gasteiger partial charge is 0.496 e. The second kappa shape index (κ2) is 9.01. The highest BCUT2D eigenvalue weighted by Gasteiger charge is 2.75. The molecule has 10 nitrogen and oxygen atoms in total. The van der Waals surface area contributed by atoms with Crippen molar-refractivity contribution < 1.29 is 21.9 Å². The molecule has 0 radical (unpaired) electrons. The Morgan fingerprint density at radius 1 is 1.18 bits per heavy atom. The van der Waals surface area contributed by atoms with Crippen LogP contribution in [0.1, 0.15) is 30.4 Å². The van der Waals surface area contributed by atoms with E-state index in [4.69, 9.17) is 10.5 Å². The maximum absolute atomic E-state index is 13.6. The highest BCUT2D eigenvalue weighted by molar-refractivity contribution is 7.91. The number of halogens is 2. The van der Waals surface area contributed by atoms with Gasteiger partial charge in [-0.15, -0.1) is 0 Å². The second-order valence-electron chi connectivity index (χ2n) is 10.9. The number of anilines is 2. The van der Waals surface area contributed by atoms with Gasteiger partial charge in [-0.3, -0.25) is 9.58 Å². The molecule has 6 rings (SSSR count). The standard InChI is InChI=1S/C25H31F2N7O3S/c1-37-20-8-16(13-33-4-6-38(35,36)7-5-33)2-3-18(20)14-34-21-19(12-30-34)31-23(28)32-22(21)29-11-17-9-24(10-17)15-25(24,26)27/h2-3,8,12,17H,4-7,9-11,13-15H2,1H3,(H3,28,29,31,32). The number of ether oxygens (including phenoxy) is 1. The molecule has 1 aliphatic heterocycles. The van der Waals surface area contributed by atoms with E-state index < -0.39 is 21.2 Å². The van der Waals surface area contributed by atoms with Crippen molar-refractivity contribution in [2.45, 2.75) is 38.3 Å².